The van der Waals surface area contributed by atoms with Gasteiger partial charge in [0.15, 0.2) is 11.1 Å². The molecule has 35 heavy (non-hydrogen) atoms. The first-order valence-electron chi connectivity index (χ1n) is 10.6. The Labute approximate surface area is 202 Å². The number of aromatic nitrogens is 4. The SMILES string of the molecule is COc1cccc(Cc2n[nH]c(NCCCCc3csc(N/C(N)=N\CC(F)(F)F)n3)nc2=O)c1. The third-order valence-corrected chi connectivity index (χ3v) is 5.44. The molecule has 1 aromatic carbocycles. The summed E-state index contributed by atoms with van der Waals surface area (Å²) in [6.45, 7) is -0.788. The predicted octanol–water partition coefficient (Wildman–Crippen LogP) is 2.94. The first-order chi connectivity index (χ1) is 16.7. The maximum atomic E-state index is 12.3. The smallest absolute Gasteiger partial charge is 0.408 e. The first kappa shape index (κ1) is 25.9. The molecular formula is C21H25F3N8O2S. The number of alkyl halides is 3. The van der Waals surface area contributed by atoms with Crippen molar-refractivity contribution in [2.75, 3.05) is 30.8 Å². The van der Waals surface area contributed by atoms with Gasteiger partial charge in [0.25, 0.3) is 5.56 Å². The van der Waals surface area contributed by atoms with Crippen molar-refractivity contribution in [3.8, 4) is 5.75 Å². The van der Waals surface area contributed by atoms with E-state index in [4.69, 9.17) is 10.5 Å². The maximum absolute atomic E-state index is 12.3. The van der Waals surface area contributed by atoms with Crippen molar-refractivity contribution in [3.63, 3.8) is 0 Å². The van der Waals surface area contributed by atoms with Gasteiger partial charge in [0.05, 0.1) is 12.8 Å². The zero-order valence-electron chi connectivity index (χ0n) is 18.9. The monoisotopic (exact) mass is 510 g/mol. The third kappa shape index (κ3) is 8.88. The van der Waals surface area contributed by atoms with Crippen LogP contribution < -0.4 is 26.7 Å². The van der Waals surface area contributed by atoms with E-state index in [1.165, 1.54) is 11.3 Å². The van der Waals surface area contributed by atoms with Crippen molar-refractivity contribution in [2.24, 2.45) is 10.7 Å². The Hall–Kier alpha value is -3.68. The molecule has 188 valence electrons. The number of aromatic amines is 1. The van der Waals surface area contributed by atoms with E-state index in [9.17, 15) is 18.0 Å². The number of nitrogens with two attached hydrogens (primary N) is 1. The van der Waals surface area contributed by atoms with Crippen LogP contribution in [0.3, 0.4) is 0 Å². The number of H-pyrrole nitrogens is 1. The molecule has 0 radical (unpaired) electrons. The van der Waals surface area contributed by atoms with Crippen LogP contribution in [0.4, 0.5) is 24.3 Å². The molecule has 0 spiro atoms. The molecule has 3 aromatic rings. The minimum Gasteiger partial charge on any atom is -0.497 e. The van der Waals surface area contributed by atoms with Crippen LogP contribution in [0.15, 0.2) is 39.4 Å². The van der Waals surface area contributed by atoms with Gasteiger partial charge in [-0.05, 0) is 37.0 Å². The van der Waals surface area contributed by atoms with Gasteiger partial charge in [0, 0.05) is 18.3 Å². The molecule has 2 aromatic heterocycles. The number of nitrogens with one attached hydrogen (secondary N) is 3. The summed E-state index contributed by atoms with van der Waals surface area (Å²) < 4.78 is 41.7. The highest BCUT2D eigenvalue weighted by atomic mass is 32.1. The summed E-state index contributed by atoms with van der Waals surface area (Å²) in [7, 11) is 1.58. The average Bonchev–Trinajstić information content (AvgIpc) is 3.26. The van der Waals surface area contributed by atoms with Crippen LogP contribution in [0, 0.1) is 0 Å². The molecular weight excluding hydrogens is 485 g/mol. The molecule has 10 nitrogen and oxygen atoms in total. The third-order valence-electron chi connectivity index (χ3n) is 4.63. The van der Waals surface area contributed by atoms with Gasteiger partial charge in [0.2, 0.25) is 5.95 Å². The molecule has 0 saturated heterocycles. The second-order valence-corrected chi connectivity index (χ2v) is 8.29. The van der Waals surface area contributed by atoms with Gasteiger partial charge < -0.3 is 21.1 Å². The number of thiazole rings is 1. The molecule has 0 aliphatic heterocycles. The molecule has 0 fully saturated rings. The lowest BCUT2D eigenvalue weighted by atomic mass is 10.1. The van der Waals surface area contributed by atoms with Gasteiger partial charge in [-0.15, -0.1) is 11.3 Å². The van der Waals surface area contributed by atoms with Crippen LogP contribution in [0.5, 0.6) is 5.75 Å². The molecule has 14 heteroatoms. The zero-order chi connectivity index (χ0) is 25.3. The Kier molecular flexibility index (Phi) is 9.00. The summed E-state index contributed by atoms with van der Waals surface area (Å²) in [5.41, 5.74) is 7.02. The number of ether oxygens (including phenoxy) is 1. The number of aliphatic imine (C=N–C) groups is 1. The van der Waals surface area contributed by atoms with Gasteiger partial charge >= 0.3 is 6.18 Å². The fourth-order valence-electron chi connectivity index (χ4n) is 2.97. The van der Waals surface area contributed by atoms with Crippen molar-refractivity contribution in [1.29, 1.82) is 0 Å². The highest BCUT2D eigenvalue weighted by Crippen LogP contribution is 2.18. The van der Waals surface area contributed by atoms with E-state index in [0.29, 0.717) is 36.0 Å². The summed E-state index contributed by atoms with van der Waals surface area (Å²) >= 11 is 1.23. The minimum absolute atomic E-state index is 0.290. The van der Waals surface area contributed by atoms with Gasteiger partial charge in [0.1, 0.15) is 18.0 Å². The molecule has 0 aliphatic rings. The van der Waals surface area contributed by atoms with Crippen molar-refractivity contribution in [1.82, 2.24) is 20.2 Å². The van der Waals surface area contributed by atoms with Crippen molar-refractivity contribution in [2.45, 2.75) is 31.9 Å². The van der Waals surface area contributed by atoms with E-state index in [1.54, 1.807) is 12.5 Å². The van der Waals surface area contributed by atoms with E-state index in [-0.39, 0.29) is 11.9 Å². The average molecular weight is 511 g/mol. The van der Waals surface area contributed by atoms with E-state index < -0.39 is 18.3 Å². The van der Waals surface area contributed by atoms with E-state index >= 15 is 0 Å². The van der Waals surface area contributed by atoms with Gasteiger partial charge in [-0.3, -0.25) is 4.79 Å². The Bertz CT molecular complexity index is 1200. The second kappa shape index (κ2) is 12.1. The van der Waals surface area contributed by atoms with Crippen molar-refractivity contribution >= 4 is 28.4 Å². The van der Waals surface area contributed by atoms with Crippen LogP contribution in [-0.2, 0) is 12.8 Å². The molecule has 0 bridgehead atoms. The quantitative estimate of drug-likeness (QED) is 0.175. The maximum Gasteiger partial charge on any atom is 0.408 e. The lowest BCUT2D eigenvalue weighted by Gasteiger charge is -2.06. The number of halogens is 3. The summed E-state index contributed by atoms with van der Waals surface area (Å²) in [6, 6.07) is 7.39. The standard InChI is InChI=1S/C21H25F3N8O2S/c1-34-15-7-4-5-13(9-15)10-16-17(33)29-19(32-31-16)26-8-3-2-6-14-11-35-20(28-14)30-18(25)27-12-21(22,23)24/h4-5,7,9,11H,2-3,6,8,10,12H2,1H3,(H3,25,27,28,30)(H2,26,29,32,33). The van der Waals surface area contributed by atoms with Crippen LogP contribution in [0.2, 0.25) is 0 Å². The minimum atomic E-state index is -4.41. The van der Waals surface area contributed by atoms with Crippen LogP contribution in [0.25, 0.3) is 0 Å². The first-order valence-corrected chi connectivity index (χ1v) is 11.5. The molecule has 2 heterocycles. The highest BCUT2D eigenvalue weighted by molar-refractivity contribution is 7.13. The van der Waals surface area contributed by atoms with Gasteiger partial charge in [-0.2, -0.15) is 23.3 Å². The molecule has 0 unspecified atom stereocenters. The number of benzene rings is 1. The molecule has 0 amide bonds. The number of methoxy groups -OCH3 is 1. The van der Waals surface area contributed by atoms with E-state index in [1.807, 2.05) is 24.3 Å². The van der Waals surface area contributed by atoms with Crippen LogP contribution in [-0.4, -0.2) is 52.5 Å². The number of guanidine groups is 1. The predicted molar refractivity (Wildman–Crippen MR) is 128 cm³/mol. The largest absolute Gasteiger partial charge is 0.497 e. The number of anilines is 2. The second-order valence-electron chi connectivity index (χ2n) is 7.43. The molecule has 3 rings (SSSR count). The van der Waals surface area contributed by atoms with Crippen molar-refractivity contribution in [3.05, 3.63) is 57.0 Å². The topological polar surface area (TPSA) is 143 Å². The molecule has 0 aliphatic carbocycles. The van der Waals surface area contributed by atoms with E-state index in [2.05, 4.69) is 35.8 Å². The van der Waals surface area contributed by atoms with Crippen LogP contribution in [0.1, 0.15) is 29.8 Å². The highest BCUT2D eigenvalue weighted by Gasteiger charge is 2.26. The normalized spacial score (nSPS) is 11.9. The number of hydrogen-bond acceptors (Lipinski definition) is 8. The van der Waals surface area contributed by atoms with Gasteiger partial charge in [-0.1, -0.05) is 12.1 Å². The number of hydrogen-bond donors (Lipinski definition) is 4. The zero-order valence-corrected chi connectivity index (χ0v) is 19.7. The molecule has 5 N–H and O–H groups in total. The Morgan fingerprint density at radius 3 is 2.86 bits per heavy atom. The number of nitrogens with zero attached hydrogens (tertiary/aromatic N) is 4. The Morgan fingerprint density at radius 2 is 2.11 bits per heavy atom. The summed E-state index contributed by atoms with van der Waals surface area (Å²) in [5.74, 6) is 0.657. The summed E-state index contributed by atoms with van der Waals surface area (Å²) in [6.07, 6.45) is -1.85. The summed E-state index contributed by atoms with van der Waals surface area (Å²) in [4.78, 5) is 23.8. The summed E-state index contributed by atoms with van der Waals surface area (Å²) in [5, 5.41) is 14.7. The lowest BCUT2D eigenvalue weighted by molar-refractivity contribution is -0.118. The lowest BCUT2D eigenvalue weighted by Crippen LogP contribution is -2.25. The Balaban J connectivity index is 1.40. The fraction of sp³-hybridized carbons (Fsp3) is 0.381. The van der Waals surface area contributed by atoms with Crippen molar-refractivity contribution < 1.29 is 17.9 Å². The number of aryl methyl sites for hydroxylation is 1. The Morgan fingerprint density at radius 1 is 1.29 bits per heavy atom. The fourth-order valence-corrected chi connectivity index (χ4v) is 3.72. The molecule has 0 atom stereocenters. The van der Waals surface area contributed by atoms with Gasteiger partial charge in [-0.25, -0.2) is 15.1 Å². The number of rotatable bonds is 11. The van der Waals surface area contributed by atoms with Crippen LogP contribution >= 0.6 is 11.3 Å². The molecule has 0 saturated carbocycles. The van der Waals surface area contributed by atoms with E-state index in [0.717, 1.165) is 24.1 Å². The number of unbranched alkanes of at least 4 members (excludes halogenated alkanes) is 1.